The molecule has 142 valence electrons. The highest BCUT2D eigenvalue weighted by Gasteiger charge is 2.45. The van der Waals surface area contributed by atoms with E-state index in [1.54, 1.807) is 7.05 Å². The first-order chi connectivity index (χ1) is 11.7. The zero-order valence-electron chi connectivity index (χ0n) is 15.4. The van der Waals surface area contributed by atoms with E-state index in [1.165, 1.54) is 0 Å². The molecule has 0 aromatic carbocycles. The fourth-order valence-corrected chi connectivity index (χ4v) is 3.58. The molecule has 8 heteroatoms. The number of halogens is 3. The lowest BCUT2D eigenvalue weighted by molar-refractivity contribution is -0.195. The summed E-state index contributed by atoms with van der Waals surface area (Å²) in [4.78, 5) is 4.13. The molecule has 1 heterocycles. The topological polar surface area (TPSA) is 54.2 Å². The maximum Gasteiger partial charge on any atom is 0.392 e. The maximum absolute atomic E-state index is 13.2. The van der Waals surface area contributed by atoms with Crippen LogP contribution in [0.1, 0.15) is 42.6 Å². The van der Waals surface area contributed by atoms with Crippen molar-refractivity contribution in [2.45, 2.75) is 52.3 Å². The number of hydrogen-bond acceptors (Lipinski definition) is 2. The number of aryl methyl sites for hydroxylation is 2. The number of nitrogens with zero attached hydrogens (tertiary/aromatic N) is 3. The molecular weight excluding hydrogens is 331 g/mol. The molecule has 1 saturated carbocycles. The lowest BCUT2D eigenvalue weighted by Gasteiger charge is -2.33. The minimum atomic E-state index is -4.12. The van der Waals surface area contributed by atoms with Gasteiger partial charge in [0.25, 0.3) is 0 Å². The summed E-state index contributed by atoms with van der Waals surface area (Å²) in [5.41, 5.74) is 3.08. The third-order valence-corrected chi connectivity index (χ3v) is 5.18. The van der Waals surface area contributed by atoms with Gasteiger partial charge in [-0.2, -0.15) is 18.3 Å². The van der Waals surface area contributed by atoms with Crippen LogP contribution in [0, 0.1) is 25.7 Å². The summed E-state index contributed by atoms with van der Waals surface area (Å²) < 4.78 is 41.3. The number of hydrogen-bond donors (Lipinski definition) is 2. The lowest BCUT2D eigenvalue weighted by Crippen LogP contribution is -2.44. The van der Waals surface area contributed by atoms with Gasteiger partial charge in [-0.15, -0.1) is 0 Å². The van der Waals surface area contributed by atoms with Gasteiger partial charge in [0.2, 0.25) is 0 Å². The first-order valence-corrected chi connectivity index (χ1v) is 8.74. The average Bonchev–Trinajstić information content (AvgIpc) is 2.80. The largest absolute Gasteiger partial charge is 0.392 e. The summed E-state index contributed by atoms with van der Waals surface area (Å²) in [5.74, 6) is -1.09. The number of nitrogens with one attached hydrogen (secondary N) is 2. The highest BCUT2D eigenvalue weighted by molar-refractivity contribution is 5.79. The van der Waals surface area contributed by atoms with Gasteiger partial charge in [-0.3, -0.25) is 9.67 Å². The zero-order chi connectivity index (χ0) is 18.6. The van der Waals surface area contributed by atoms with Crippen molar-refractivity contribution in [1.82, 2.24) is 20.4 Å². The number of rotatable bonds is 4. The summed E-state index contributed by atoms with van der Waals surface area (Å²) in [5, 5.41) is 10.6. The minimum absolute atomic E-state index is 0.232. The summed E-state index contributed by atoms with van der Waals surface area (Å²) >= 11 is 0. The van der Waals surface area contributed by atoms with Gasteiger partial charge in [0.1, 0.15) is 0 Å². The van der Waals surface area contributed by atoms with Gasteiger partial charge >= 0.3 is 6.18 Å². The molecule has 0 spiro atoms. The maximum atomic E-state index is 13.2. The predicted molar refractivity (Wildman–Crippen MR) is 92.4 cm³/mol. The lowest BCUT2D eigenvalue weighted by atomic mass is 9.79. The van der Waals surface area contributed by atoms with E-state index in [1.807, 2.05) is 25.6 Å². The van der Waals surface area contributed by atoms with Crippen LogP contribution in [0.25, 0.3) is 0 Å². The van der Waals surface area contributed by atoms with E-state index < -0.39 is 18.0 Å². The quantitative estimate of drug-likeness (QED) is 0.642. The Kier molecular flexibility index (Phi) is 6.35. The normalized spacial score (nSPS) is 22.1. The predicted octanol–water partition coefficient (Wildman–Crippen LogP) is 3.07. The fraction of sp³-hybridized carbons (Fsp3) is 0.765. The molecule has 2 N–H and O–H groups in total. The van der Waals surface area contributed by atoms with Gasteiger partial charge in [-0.25, -0.2) is 0 Å². The molecule has 0 amide bonds. The second-order valence-electron chi connectivity index (χ2n) is 6.77. The molecule has 25 heavy (non-hydrogen) atoms. The molecule has 0 saturated heterocycles. The Labute approximate surface area is 147 Å². The Bertz CT molecular complexity index is 606. The van der Waals surface area contributed by atoms with Gasteiger partial charge in [-0.05, 0) is 32.6 Å². The molecule has 1 fully saturated rings. The Morgan fingerprint density at radius 1 is 1.24 bits per heavy atom. The molecule has 2 rings (SSSR count). The Morgan fingerprint density at radius 2 is 1.92 bits per heavy atom. The van der Waals surface area contributed by atoms with Crippen molar-refractivity contribution < 1.29 is 13.2 Å². The van der Waals surface area contributed by atoms with Crippen LogP contribution >= 0.6 is 0 Å². The number of aliphatic imine (C=N–C) groups is 1. The van der Waals surface area contributed by atoms with Crippen LogP contribution in [0.5, 0.6) is 0 Å². The van der Waals surface area contributed by atoms with Crippen molar-refractivity contribution in [3.63, 3.8) is 0 Å². The molecule has 0 bridgehead atoms. The monoisotopic (exact) mass is 359 g/mol. The SMILES string of the molecule is CN=C(NCc1c(C)nn(C)c1C)NCC1CCCCC1C(F)(F)F. The van der Waals surface area contributed by atoms with E-state index in [9.17, 15) is 13.2 Å². The molecule has 0 aliphatic heterocycles. The molecule has 1 aromatic rings. The molecule has 1 aromatic heterocycles. The van der Waals surface area contributed by atoms with Crippen molar-refractivity contribution in [2.24, 2.45) is 23.9 Å². The van der Waals surface area contributed by atoms with E-state index in [0.717, 1.165) is 23.4 Å². The van der Waals surface area contributed by atoms with Crippen LogP contribution in [-0.4, -0.2) is 35.5 Å². The van der Waals surface area contributed by atoms with Crippen molar-refractivity contribution >= 4 is 5.96 Å². The third-order valence-electron chi connectivity index (χ3n) is 5.18. The fourth-order valence-electron chi connectivity index (χ4n) is 3.58. The summed E-state index contributed by atoms with van der Waals surface area (Å²) in [6.07, 6.45) is -1.76. The smallest absolute Gasteiger partial charge is 0.356 e. The Morgan fingerprint density at radius 3 is 2.48 bits per heavy atom. The first kappa shape index (κ1) is 19.6. The minimum Gasteiger partial charge on any atom is -0.356 e. The van der Waals surface area contributed by atoms with Crippen LogP contribution in [-0.2, 0) is 13.6 Å². The third kappa shape index (κ3) is 4.89. The first-order valence-electron chi connectivity index (χ1n) is 8.74. The van der Waals surface area contributed by atoms with Gasteiger partial charge in [0.15, 0.2) is 5.96 Å². The van der Waals surface area contributed by atoms with E-state index in [4.69, 9.17) is 0 Å². The van der Waals surface area contributed by atoms with Gasteiger partial charge < -0.3 is 10.6 Å². The molecule has 5 nitrogen and oxygen atoms in total. The van der Waals surface area contributed by atoms with E-state index >= 15 is 0 Å². The van der Waals surface area contributed by atoms with Gasteiger partial charge in [0, 0.05) is 38.4 Å². The standard InChI is InChI=1S/C17H28F3N5/c1-11-14(12(2)25(4)24-11)10-23-16(21-3)22-9-13-7-5-6-8-15(13)17(18,19)20/h13,15H,5-10H2,1-4H3,(H2,21,22,23). The van der Waals surface area contributed by atoms with Gasteiger partial charge in [-0.1, -0.05) is 12.8 Å². The van der Waals surface area contributed by atoms with Crippen molar-refractivity contribution in [3.05, 3.63) is 17.0 Å². The van der Waals surface area contributed by atoms with E-state index in [0.29, 0.717) is 25.3 Å². The van der Waals surface area contributed by atoms with Gasteiger partial charge in [0.05, 0.1) is 11.6 Å². The van der Waals surface area contributed by atoms with Crippen LogP contribution in [0.15, 0.2) is 4.99 Å². The molecule has 1 aliphatic rings. The van der Waals surface area contributed by atoms with Crippen LogP contribution < -0.4 is 10.6 Å². The Balaban J connectivity index is 1.91. The van der Waals surface area contributed by atoms with Crippen LogP contribution in [0.3, 0.4) is 0 Å². The van der Waals surface area contributed by atoms with Crippen LogP contribution in [0.4, 0.5) is 13.2 Å². The highest BCUT2D eigenvalue weighted by Crippen LogP contribution is 2.41. The number of aromatic nitrogens is 2. The van der Waals surface area contributed by atoms with Crippen molar-refractivity contribution in [3.8, 4) is 0 Å². The van der Waals surface area contributed by atoms with E-state index in [2.05, 4.69) is 20.7 Å². The molecule has 0 radical (unpaired) electrons. The number of guanidine groups is 1. The van der Waals surface area contributed by atoms with Crippen molar-refractivity contribution in [1.29, 1.82) is 0 Å². The van der Waals surface area contributed by atoms with Crippen molar-refractivity contribution in [2.75, 3.05) is 13.6 Å². The Hall–Kier alpha value is -1.73. The van der Waals surface area contributed by atoms with Crippen LogP contribution in [0.2, 0.25) is 0 Å². The average molecular weight is 359 g/mol. The van der Waals surface area contributed by atoms with E-state index in [-0.39, 0.29) is 13.0 Å². The zero-order valence-corrected chi connectivity index (χ0v) is 15.4. The molecule has 2 unspecified atom stereocenters. The summed E-state index contributed by atoms with van der Waals surface area (Å²) in [6.45, 7) is 4.76. The highest BCUT2D eigenvalue weighted by atomic mass is 19.4. The number of alkyl halides is 3. The summed E-state index contributed by atoms with van der Waals surface area (Å²) in [7, 11) is 3.51. The summed E-state index contributed by atoms with van der Waals surface area (Å²) in [6, 6.07) is 0. The molecule has 2 atom stereocenters. The molecule has 1 aliphatic carbocycles. The second-order valence-corrected chi connectivity index (χ2v) is 6.77. The second kappa shape index (κ2) is 8.10. The molecular formula is C17H28F3N5.